The summed E-state index contributed by atoms with van der Waals surface area (Å²) in [5, 5.41) is 110. The van der Waals surface area contributed by atoms with Gasteiger partial charge >= 0.3 is 35.8 Å². The number of aromatic hydroxyl groups is 4. The quantitative estimate of drug-likeness (QED) is 0.0303. The minimum absolute atomic E-state index is 0.237. The molecule has 0 aliphatic carbocycles. The number of carboxylic acids is 6. The molecule has 16 N–H and O–H groups in total. The van der Waals surface area contributed by atoms with Crippen molar-refractivity contribution >= 4 is 41.4 Å². The second kappa shape index (κ2) is 41.6. The van der Waals surface area contributed by atoms with Crippen LogP contribution in [0.5, 0.6) is 23.0 Å². The lowest BCUT2D eigenvalue weighted by Crippen LogP contribution is -2.23. The van der Waals surface area contributed by atoms with Crippen molar-refractivity contribution in [1.82, 2.24) is 78.8 Å². The molecule has 38 heteroatoms. The molecular weight excluding hydrogens is 1610 g/mol. The molecular formula is C86H96N16O22. The van der Waals surface area contributed by atoms with Crippen LogP contribution in [0.2, 0.25) is 0 Å². The SMILES string of the molecule is CCc1c(-c2ccc(C3=CCN(C)CC3)cc2)[nH]c(=O)c(C(=O)O)c1O.CCc1c(-c2ccc(CCN(C)C)cc2)[nH]c(=O)c(C(=O)O)c1O.CCc1c(-c2ccnn2C)[nH]c(=O)c(C(=O)O)c1O.CCc1c(-c2cnn(C)c2)[nH]c(=O)c(C(=O)O)c1O.CCc1cc(C(=O)O)c(=O)[nH]c1-c1ccnn1C.CCc1cc(C(=O)O)c(=O)[nH]c1-c1cnn(C)c1. The molecule has 0 unspecified atom stereocenters. The molecule has 38 nitrogen and oxygen atoms in total. The van der Waals surface area contributed by atoms with E-state index >= 15 is 0 Å². The topological polar surface area (TPSA) is 580 Å². The number of likely N-dealkylation sites (N-methyl/N-ethyl adjacent to an activating group) is 2. The van der Waals surface area contributed by atoms with Crippen LogP contribution in [0.3, 0.4) is 0 Å². The second-order valence-corrected chi connectivity index (χ2v) is 28.5. The van der Waals surface area contributed by atoms with Gasteiger partial charge in [-0.15, -0.1) is 0 Å². The van der Waals surface area contributed by atoms with E-state index in [0.29, 0.717) is 106 Å². The average molecular weight is 1710 g/mol. The number of nitrogens with zero attached hydrogens (tertiary/aromatic N) is 10. The third-order valence-corrected chi connectivity index (χ3v) is 20.1. The highest BCUT2D eigenvalue weighted by Crippen LogP contribution is 2.35. The molecule has 124 heavy (non-hydrogen) atoms. The van der Waals surface area contributed by atoms with Gasteiger partial charge in [-0.2, -0.15) is 20.4 Å². The highest BCUT2D eigenvalue weighted by Gasteiger charge is 2.28. The van der Waals surface area contributed by atoms with Gasteiger partial charge in [-0.1, -0.05) is 96.1 Å². The Balaban J connectivity index is 0.000000186. The van der Waals surface area contributed by atoms with Crippen molar-refractivity contribution in [3.63, 3.8) is 0 Å². The first-order valence-electron chi connectivity index (χ1n) is 38.8. The number of aromatic nitrogens is 14. The number of benzene rings is 2. The summed E-state index contributed by atoms with van der Waals surface area (Å²) in [7, 11) is 13.1. The predicted octanol–water partition coefficient (Wildman–Crippen LogP) is 8.39. The van der Waals surface area contributed by atoms with Crippen LogP contribution in [-0.4, -0.2) is 206 Å². The van der Waals surface area contributed by atoms with Gasteiger partial charge in [0.15, 0.2) is 22.3 Å². The Morgan fingerprint density at radius 3 is 1.05 bits per heavy atom. The number of aromatic amines is 6. The van der Waals surface area contributed by atoms with Crippen LogP contribution < -0.4 is 33.4 Å². The third kappa shape index (κ3) is 21.8. The number of carboxylic acid groups (broad SMARTS) is 6. The van der Waals surface area contributed by atoms with Crippen molar-refractivity contribution < 1.29 is 79.8 Å². The molecule has 0 atom stereocenters. The summed E-state index contributed by atoms with van der Waals surface area (Å²) in [6, 6.07) is 21.7. The summed E-state index contributed by atoms with van der Waals surface area (Å²) < 4.78 is 6.34. The molecule has 0 amide bonds. The molecule has 0 fully saturated rings. The molecule has 1 aliphatic heterocycles. The van der Waals surface area contributed by atoms with E-state index in [4.69, 9.17) is 30.6 Å². The molecule has 0 spiro atoms. The van der Waals surface area contributed by atoms with Crippen molar-refractivity contribution in [2.24, 2.45) is 28.2 Å². The first-order chi connectivity index (χ1) is 58.7. The van der Waals surface area contributed by atoms with Gasteiger partial charge in [0.2, 0.25) is 0 Å². The molecule has 0 saturated carbocycles. The normalized spacial score (nSPS) is 11.6. The molecule has 652 valence electrons. The molecule has 13 rings (SSSR count). The van der Waals surface area contributed by atoms with Gasteiger partial charge in [0.25, 0.3) is 33.4 Å². The monoisotopic (exact) mass is 1700 g/mol. The zero-order valence-corrected chi connectivity index (χ0v) is 70.1. The van der Waals surface area contributed by atoms with Gasteiger partial charge in [-0.3, -0.25) is 47.5 Å². The number of hydrogen-bond donors (Lipinski definition) is 16. The van der Waals surface area contributed by atoms with Gasteiger partial charge in [-0.05, 0) is 136 Å². The maximum Gasteiger partial charge on any atom is 0.345 e. The Morgan fingerprint density at radius 2 is 0.726 bits per heavy atom. The molecule has 0 saturated heterocycles. The Hall–Kier alpha value is -15.3. The van der Waals surface area contributed by atoms with Crippen molar-refractivity contribution in [3.05, 3.63) is 256 Å². The molecule has 11 heterocycles. The van der Waals surface area contributed by atoms with E-state index in [1.807, 2.05) is 76.5 Å². The van der Waals surface area contributed by atoms with E-state index in [1.165, 1.54) is 34.1 Å². The van der Waals surface area contributed by atoms with Gasteiger partial charge in [0.05, 0.1) is 57.9 Å². The predicted molar refractivity (Wildman–Crippen MR) is 459 cm³/mol. The standard InChI is InChI=1S/C20H22N2O4.C18H22N2O4.2C12H13N3O4.2C12H13N3O3/c1-3-15-17(21-19(24)16(18(15)23)20(25)26)14-6-4-12(5-7-14)13-8-10-22(2)11-9-13;1-4-13-15(19-17(22)14(16(13)21)18(23)24)12-7-5-11(6-8-12)9-10-20(2)3;1-3-7-9(6-4-13-15(2)5-6)14-11(17)8(10(7)16)12(18)19;1-3-6-9(7-4-5-13-15(7)2)14-11(17)8(10(6)16)12(18)19;1-3-7-4-9(12(17)18)11(16)14-10(7)8-5-13-15(2)6-8;1-3-7-6-8(12(17)18)11(16)14-10(7)9-4-5-13-15(9)2/h4-8H,3,9-11H2,1-2H3,(H,25,26)(H2,21,23,24);5-8H,4,9-10H2,1-3H3,(H,23,24)(H2,19,21,22);2*4-5H,3H2,1-2H3,(H,18,19)(H2,14,16,17);2*4-6H,3H2,1-2H3,(H,14,16)(H,17,18). The minimum atomic E-state index is -1.45. The zero-order valence-electron chi connectivity index (χ0n) is 70.1. The lowest BCUT2D eigenvalue weighted by atomic mass is 9.96. The molecule has 10 aromatic heterocycles. The highest BCUT2D eigenvalue weighted by molar-refractivity contribution is 5.95. The molecule has 1 aliphatic rings. The van der Waals surface area contributed by atoms with Crippen LogP contribution >= 0.6 is 0 Å². The summed E-state index contributed by atoms with van der Waals surface area (Å²) >= 11 is 0. The van der Waals surface area contributed by atoms with Gasteiger partial charge in [0.1, 0.15) is 34.1 Å². The minimum Gasteiger partial charge on any atom is -0.506 e. The molecule has 0 bridgehead atoms. The van der Waals surface area contributed by atoms with Crippen molar-refractivity contribution in [3.8, 4) is 90.8 Å². The maximum absolute atomic E-state index is 12.1. The Bertz CT molecular complexity index is 6400. The van der Waals surface area contributed by atoms with Crippen LogP contribution in [0.1, 0.15) is 155 Å². The smallest absolute Gasteiger partial charge is 0.345 e. The molecule has 0 radical (unpaired) electrons. The average Bonchev–Trinajstić information content (AvgIpc) is 1.29. The number of hydrogen-bond acceptors (Lipinski definition) is 22. The third-order valence-electron chi connectivity index (χ3n) is 20.1. The lowest BCUT2D eigenvalue weighted by Gasteiger charge is -2.22. The number of rotatable bonds is 22. The van der Waals surface area contributed by atoms with E-state index in [9.17, 15) is 78.0 Å². The van der Waals surface area contributed by atoms with Gasteiger partial charge in [0, 0.05) is 106 Å². The van der Waals surface area contributed by atoms with Crippen molar-refractivity contribution in [2.45, 2.75) is 92.9 Å². The van der Waals surface area contributed by atoms with Crippen LogP contribution in [0.25, 0.3) is 73.4 Å². The highest BCUT2D eigenvalue weighted by atomic mass is 16.4. The van der Waals surface area contributed by atoms with Gasteiger partial charge < -0.3 is 90.8 Å². The molecule has 12 aromatic rings. The Morgan fingerprint density at radius 1 is 0.395 bits per heavy atom. The Labute approximate surface area is 705 Å². The Kier molecular flexibility index (Phi) is 31.6. The summed E-state index contributed by atoms with van der Waals surface area (Å²) in [6.07, 6.45) is 16.7. The summed E-state index contributed by atoms with van der Waals surface area (Å²) in [5.41, 5.74) is 6.46. The summed E-state index contributed by atoms with van der Waals surface area (Å²) in [6.45, 7) is 13.8. The lowest BCUT2D eigenvalue weighted by molar-refractivity contribution is 0.0680. The second-order valence-electron chi connectivity index (χ2n) is 28.5. The number of H-pyrrole nitrogens is 6. The summed E-state index contributed by atoms with van der Waals surface area (Å²) in [5.74, 6) is -10.1. The van der Waals surface area contributed by atoms with E-state index in [2.05, 4.69) is 73.2 Å². The van der Waals surface area contributed by atoms with Crippen LogP contribution in [-0.2, 0) is 73.1 Å². The first kappa shape index (κ1) is 94.1. The summed E-state index contributed by atoms with van der Waals surface area (Å²) in [4.78, 5) is 157. The van der Waals surface area contributed by atoms with Crippen molar-refractivity contribution in [2.75, 3.05) is 40.8 Å². The van der Waals surface area contributed by atoms with Gasteiger partial charge in [-0.25, -0.2) is 28.8 Å². The van der Waals surface area contributed by atoms with E-state index in [1.54, 1.807) is 113 Å². The molecule has 2 aromatic carbocycles. The van der Waals surface area contributed by atoms with E-state index < -0.39 is 114 Å². The number of aromatic carboxylic acids is 6. The fraction of sp³-hybridized carbons (Fsp3) is 0.279. The van der Waals surface area contributed by atoms with E-state index in [0.717, 1.165) is 71.6 Å². The van der Waals surface area contributed by atoms with Crippen LogP contribution in [0, 0.1) is 0 Å². The largest absolute Gasteiger partial charge is 0.506 e. The fourth-order valence-corrected chi connectivity index (χ4v) is 13.6. The zero-order chi connectivity index (χ0) is 91.6. The first-order valence-corrected chi connectivity index (χ1v) is 38.8. The number of nitrogens with one attached hydrogen (secondary N) is 6. The maximum atomic E-state index is 12.1. The van der Waals surface area contributed by atoms with Crippen LogP contribution in [0.4, 0.5) is 0 Å². The number of pyridine rings is 6. The number of carbonyl (C=O) groups is 6. The number of aryl methyl sites for hydroxylation is 6. The van der Waals surface area contributed by atoms with E-state index in [-0.39, 0.29) is 11.1 Å². The fourth-order valence-electron chi connectivity index (χ4n) is 13.6. The van der Waals surface area contributed by atoms with Crippen LogP contribution in [0.15, 0.2) is 145 Å². The van der Waals surface area contributed by atoms with Crippen molar-refractivity contribution in [1.29, 1.82) is 0 Å².